The van der Waals surface area contributed by atoms with E-state index < -0.39 is 0 Å². The standard InChI is InChI=1S/C13H11N2O/c14-15(12-9-5-2-6-10-12)13(16)11-7-3-1-4-8-11/h1-9H,14H2. The molecule has 0 heterocycles. The van der Waals surface area contributed by atoms with Gasteiger partial charge in [-0.25, -0.2) is 10.9 Å². The summed E-state index contributed by atoms with van der Waals surface area (Å²) in [7, 11) is 0. The van der Waals surface area contributed by atoms with Crippen molar-refractivity contribution in [1.29, 1.82) is 0 Å². The van der Waals surface area contributed by atoms with Crippen molar-refractivity contribution < 1.29 is 4.79 Å². The summed E-state index contributed by atoms with van der Waals surface area (Å²) in [5.74, 6) is 5.48. The molecule has 0 aliphatic rings. The van der Waals surface area contributed by atoms with Crippen LogP contribution in [0.1, 0.15) is 10.4 Å². The van der Waals surface area contributed by atoms with Crippen LogP contribution < -0.4 is 10.9 Å². The third kappa shape index (κ3) is 2.10. The largest absolute Gasteiger partial charge is 0.272 e. The van der Waals surface area contributed by atoms with Crippen molar-refractivity contribution in [2.75, 3.05) is 5.01 Å². The SMILES string of the molecule is NN(C(=O)c1ccccc1)c1[c]cccc1. The normalized spacial score (nSPS) is 9.81. The fraction of sp³-hybridized carbons (Fsp3) is 0. The molecule has 0 unspecified atom stereocenters. The van der Waals surface area contributed by atoms with E-state index in [1.165, 1.54) is 0 Å². The van der Waals surface area contributed by atoms with E-state index in [-0.39, 0.29) is 5.91 Å². The molecule has 3 heteroatoms. The molecule has 0 fully saturated rings. The molecule has 3 nitrogen and oxygen atoms in total. The summed E-state index contributed by atoms with van der Waals surface area (Å²) in [5.41, 5.74) is 1.11. The number of benzene rings is 2. The number of carbonyl (C=O) groups excluding carboxylic acids is 1. The fourth-order valence-electron chi connectivity index (χ4n) is 1.36. The minimum atomic E-state index is -0.247. The molecule has 2 N–H and O–H groups in total. The summed E-state index contributed by atoms with van der Waals surface area (Å²) in [6.45, 7) is 0. The second-order valence-corrected chi connectivity index (χ2v) is 3.29. The van der Waals surface area contributed by atoms with Gasteiger partial charge in [0, 0.05) is 11.6 Å². The Morgan fingerprint density at radius 3 is 2.38 bits per heavy atom. The molecule has 2 aromatic carbocycles. The van der Waals surface area contributed by atoms with Crippen molar-refractivity contribution in [3.8, 4) is 0 Å². The van der Waals surface area contributed by atoms with Gasteiger partial charge in [0.05, 0.1) is 5.69 Å². The second-order valence-electron chi connectivity index (χ2n) is 3.29. The van der Waals surface area contributed by atoms with E-state index in [0.29, 0.717) is 11.3 Å². The van der Waals surface area contributed by atoms with Gasteiger partial charge >= 0.3 is 0 Å². The Hall–Kier alpha value is -2.13. The van der Waals surface area contributed by atoms with Crippen LogP contribution in [0, 0.1) is 6.07 Å². The van der Waals surface area contributed by atoms with Gasteiger partial charge in [-0.05, 0) is 18.2 Å². The van der Waals surface area contributed by atoms with Gasteiger partial charge in [0.25, 0.3) is 5.91 Å². The molecule has 0 aromatic heterocycles. The number of nitrogens with zero attached hydrogens (tertiary/aromatic N) is 1. The fourth-order valence-corrected chi connectivity index (χ4v) is 1.36. The summed E-state index contributed by atoms with van der Waals surface area (Å²) < 4.78 is 0. The number of amides is 1. The van der Waals surface area contributed by atoms with Gasteiger partial charge in [0.2, 0.25) is 0 Å². The first-order chi connectivity index (χ1) is 7.79. The van der Waals surface area contributed by atoms with E-state index >= 15 is 0 Å². The van der Waals surface area contributed by atoms with Gasteiger partial charge in [-0.15, -0.1) is 0 Å². The Bertz CT molecular complexity index is 468. The highest BCUT2D eigenvalue weighted by Crippen LogP contribution is 2.12. The predicted octanol–water partition coefficient (Wildman–Crippen LogP) is 2.01. The maximum atomic E-state index is 11.9. The van der Waals surface area contributed by atoms with Crippen LogP contribution in [0.25, 0.3) is 0 Å². The number of carbonyl (C=O) groups is 1. The molecule has 0 saturated heterocycles. The highest BCUT2D eigenvalue weighted by Gasteiger charge is 2.12. The summed E-state index contributed by atoms with van der Waals surface area (Å²) in [6, 6.07) is 18.9. The molecule has 0 saturated carbocycles. The van der Waals surface area contributed by atoms with Gasteiger partial charge in [-0.1, -0.05) is 36.4 Å². The molecule has 2 aromatic rings. The van der Waals surface area contributed by atoms with Crippen LogP contribution in [0.2, 0.25) is 0 Å². The van der Waals surface area contributed by atoms with Gasteiger partial charge in [0.1, 0.15) is 0 Å². The van der Waals surface area contributed by atoms with E-state index in [1.54, 1.807) is 36.4 Å². The van der Waals surface area contributed by atoms with Gasteiger partial charge in [-0.2, -0.15) is 0 Å². The van der Waals surface area contributed by atoms with Crippen molar-refractivity contribution in [2.24, 2.45) is 5.84 Å². The van der Waals surface area contributed by atoms with Gasteiger partial charge < -0.3 is 0 Å². The monoisotopic (exact) mass is 211 g/mol. The zero-order valence-corrected chi connectivity index (χ0v) is 8.63. The lowest BCUT2D eigenvalue weighted by Gasteiger charge is -2.15. The molecule has 16 heavy (non-hydrogen) atoms. The lowest BCUT2D eigenvalue weighted by molar-refractivity contribution is 0.0987. The molecule has 0 spiro atoms. The highest BCUT2D eigenvalue weighted by atomic mass is 16.2. The van der Waals surface area contributed by atoms with Crippen LogP contribution in [0.4, 0.5) is 5.69 Å². The predicted molar refractivity (Wildman–Crippen MR) is 62.7 cm³/mol. The topological polar surface area (TPSA) is 46.3 Å². The molecule has 0 aliphatic carbocycles. The minimum Gasteiger partial charge on any atom is -0.267 e. The summed E-state index contributed by atoms with van der Waals surface area (Å²) in [4.78, 5) is 11.9. The average Bonchev–Trinajstić information content (AvgIpc) is 2.39. The minimum absolute atomic E-state index is 0.247. The second kappa shape index (κ2) is 4.59. The van der Waals surface area contributed by atoms with Crippen LogP contribution in [0.5, 0.6) is 0 Å². The number of nitrogens with two attached hydrogens (primary N) is 1. The van der Waals surface area contributed by atoms with Crippen molar-refractivity contribution in [2.45, 2.75) is 0 Å². The zero-order valence-electron chi connectivity index (χ0n) is 8.63. The Labute approximate surface area is 94.1 Å². The van der Waals surface area contributed by atoms with E-state index in [1.807, 2.05) is 18.2 Å². The average molecular weight is 211 g/mol. The van der Waals surface area contributed by atoms with Gasteiger partial charge in [-0.3, -0.25) is 4.79 Å². The summed E-state index contributed by atoms with van der Waals surface area (Å²) in [5, 5.41) is 1.09. The molecule has 1 radical (unpaired) electrons. The number of hydrogen-bond donors (Lipinski definition) is 1. The molecule has 1 amide bonds. The first-order valence-corrected chi connectivity index (χ1v) is 4.90. The van der Waals surface area contributed by atoms with E-state index in [4.69, 9.17) is 5.84 Å². The molecule has 2 rings (SSSR count). The lowest BCUT2D eigenvalue weighted by Crippen LogP contribution is -2.37. The Kier molecular flexibility index (Phi) is 2.98. The molecule has 0 atom stereocenters. The first-order valence-electron chi connectivity index (χ1n) is 4.90. The highest BCUT2D eigenvalue weighted by molar-refractivity contribution is 6.05. The van der Waals surface area contributed by atoms with Crippen molar-refractivity contribution in [3.63, 3.8) is 0 Å². The lowest BCUT2D eigenvalue weighted by atomic mass is 10.2. The third-order valence-corrected chi connectivity index (χ3v) is 2.19. The number of rotatable bonds is 2. The Morgan fingerprint density at radius 2 is 1.75 bits per heavy atom. The maximum absolute atomic E-state index is 11.9. The van der Waals surface area contributed by atoms with Crippen LogP contribution in [-0.2, 0) is 0 Å². The Balaban J connectivity index is 2.24. The van der Waals surface area contributed by atoms with Crippen LogP contribution >= 0.6 is 0 Å². The van der Waals surface area contributed by atoms with Crippen molar-refractivity contribution in [1.82, 2.24) is 0 Å². The number of hydrazine groups is 1. The van der Waals surface area contributed by atoms with Crippen LogP contribution in [0.15, 0.2) is 54.6 Å². The van der Waals surface area contributed by atoms with Crippen molar-refractivity contribution in [3.05, 3.63) is 66.2 Å². The Morgan fingerprint density at radius 1 is 1.06 bits per heavy atom. The van der Waals surface area contributed by atoms with Gasteiger partial charge in [0.15, 0.2) is 0 Å². The quantitative estimate of drug-likeness (QED) is 0.469. The smallest absolute Gasteiger partial charge is 0.267 e. The van der Waals surface area contributed by atoms with E-state index in [0.717, 1.165) is 5.01 Å². The van der Waals surface area contributed by atoms with E-state index in [9.17, 15) is 4.79 Å². The van der Waals surface area contributed by atoms with E-state index in [2.05, 4.69) is 6.07 Å². The first kappa shape index (κ1) is 10.4. The number of anilines is 1. The van der Waals surface area contributed by atoms with Crippen LogP contribution in [-0.4, -0.2) is 5.91 Å². The third-order valence-electron chi connectivity index (χ3n) is 2.19. The van der Waals surface area contributed by atoms with Crippen molar-refractivity contribution >= 4 is 11.6 Å². The molecule has 79 valence electrons. The number of para-hydroxylation sites is 1. The molecular formula is C13H11N2O. The molecular weight excluding hydrogens is 200 g/mol. The zero-order chi connectivity index (χ0) is 11.4. The number of hydrogen-bond acceptors (Lipinski definition) is 2. The molecule has 0 aliphatic heterocycles. The van der Waals surface area contributed by atoms with Crippen LogP contribution in [0.3, 0.4) is 0 Å². The summed E-state index contributed by atoms with van der Waals surface area (Å²) >= 11 is 0. The summed E-state index contributed by atoms with van der Waals surface area (Å²) in [6.07, 6.45) is 0. The molecule has 0 bridgehead atoms. The maximum Gasteiger partial charge on any atom is 0.272 e.